The number of nitrogens with one attached hydrogen (secondary N) is 1. The van der Waals surface area contributed by atoms with Crippen LogP contribution in [0.4, 0.5) is 0 Å². The monoisotopic (exact) mass is 416 g/mol. The van der Waals surface area contributed by atoms with Gasteiger partial charge in [-0.1, -0.05) is 0 Å². The van der Waals surface area contributed by atoms with Crippen LogP contribution in [-0.2, 0) is 21.4 Å². The van der Waals surface area contributed by atoms with Gasteiger partial charge in [0.25, 0.3) is 0 Å². The summed E-state index contributed by atoms with van der Waals surface area (Å²) in [7, 11) is -3.75. The van der Waals surface area contributed by atoms with Crippen LogP contribution in [0.5, 0.6) is 0 Å². The first-order valence-electron chi connectivity index (χ1n) is 8.97. The van der Waals surface area contributed by atoms with E-state index in [2.05, 4.69) is 15.3 Å². The molecule has 0 bridgehead atoms. The predicted octanol–water partition coefficient (Wildman–Crippen LogP) is 2.47. The number of amides is 1. The van der Waals surface area contributed by atoms with E-state index in [0.717, 1.165) is 20.8 Å². The SMILES string of the molecule is Cc1nc2ccc(S(=O)(=O)N(Cc3ccncc3)C[C@@H]3CCC(=O)N3)cc2s1. The molecule has 4 rings (SSSR count). The van der Waals surface area contributed by atoms with E-state index in [-0.39, 0.29) is 29.9 Å². The van der Waals surface area contributed by atoms with Crippen molar-refractivity contribution in [3.8, 4) is 0 Å². The number of aryl methyl sites for hydroxylation is 1. The summed E-state index contributed by atoms with van der Waals surface area (Å²) in [5, 5.41) is 3.76. The fourth-order valence-corrected chi connectivity index (χ4v) is 5.77. The average Bonchev–Trinajstić information content (AvgIpc) is 3.25. The molecule has 3 heterocycles. The molecular formula is C19H20N4O3S2. The summed E-state index contributed by atoms with van der Waals surface area (Å²) in [6.07, 6.45) is 4.35. The summed E-state index contributed by atoms with van der Waals surface area (Å²) < 4.78 is 29.2. The van der Waals surface area contributed by atoms with Gasteiger partial charge in [0.2, 0.25) is 15.9 Å². The second kappa shape index (κ2) is 7.57. The van der Waals surface area contributed by atoms with Crippen LogP contribution in [0.2, 0.25) is 0 Å². The van der Waals surface area contributed by atoms with Crippen LogP contribution in [0.15, 0.2) is 47.6 Å². The van der Waals surface area contributed by atoms with Crippen molar-refractivity contribution in [1.82, 2.24) is 19.6 Å². The minimum absolute atomic E-state index is 0.0344. The van der Waals surface area contributed by atoms with Gasteiger partial charge in [0.15, 0.2) is 0 Å². The van der Waals surface area contributed by atoms with Crippen LogP contribution in [0.25, 0.3) is 10.2 Å². The van der Waals surface area contributed by atoms with Gasteiger partial charge in [0, 0.05) is 37.9 Å². The van der Waals surface area contributed by atoms with E-state index in [0.29, 0.717) is 12.8 Å². The number of hydrogen-bond acceptors (Lipinski definition) is 6. The number of carbonyl (C=O) groups excluding carboxylic acids is 1. The van der Waals surface area contributed by atoms with Crippen molar-refractivity contribution in [3.63, 3.8) is 0 Å². The van der Waals surface area contributed by atoms with E-state index in [1.54, 1.807) is 42.7 Å². The molecule has 146 valence electrons. The summed E-state index contributed by atoms with van der Waals surface area (Å²) >= 11 is 1.47. The lowest BCUT2D eigenvalue weighted by molar-refractivity contribution is -0.119. The lowest BCUT2D eigenvalue weighted by Gasteiger charge is -2.25. The lowest BCUT2D eigenvalue weighted by Crippen LogP contribution is -2.41. The predicted molar refractivity (Wildman–Crippen MR) is 107 cm³/mol. The first kappa shape index (κ1) is 19.0. The molecule has 2 aromatic heterocycles. The number of pyridine rings is 1. The molecule has 0 saturated carbocycles. The zero-order valence-electron chi connectivity index (χ0n) is 15.3. The van der Waals surface area contributed by atoms with Gasteiger partial charge >= 0.3 is 0 Å². The Kier molecular flexibility index (Phi) is 5.13. The molecule has 1 aromatic carbocycles. The minimum atomic E-state index is -3.75. The standard InChI is InChI=1S/C19H20N4O3S2/c1-13-21-17-4-3-16(10-18(17)27-13)28(25,26)23(11-14-6-8-20-9-7-14)12-15-2-5-19(24)22-15/h3-4,6-10,15H,2,5,11-12H2,1H3,(H,22,24)/t15-/m0/s1. The third-order valence-electron chi connectivity index (χ3n) is 4.72. The lowest BCUT2D eigenvalue weighted by atomic mass is 10.2. The molecule has 9 heteroatoms. The van der Waals surface area contributed by atoms with Gasteiger partial charge in [-0.25, -0.2) is 13.4 Å². The quantitative estimate of drug-likeness (QED) is 0.666. The highest BCUT2D eigenvalue weighted by Crippen LogP contribution is 2.27. The molecule has 1 aliphatic rings. The number of benzene rings is 1. The number of sulfonamides is 1. The van der Waals surface area contributed by atoms with Gasteiger partial charge in [-0.15, -0.1) is 11.3 Å². The van der Waals surface area contributed by atoms with Gasteiger partial charge in [0.05, 0.1) is 20.1 Å². The van der Waals surface area contributed by atoms with E-state index in [1.807, 2.05) is 6.92 Å². The van der Waals surface area contributed by atoms with Crippen molar-refractivity contribution < 1.29 is 13.2 Å². The molecule has 0 aliphatic carbocycles. The Bertz CT molecular complexity index is 1110. The Labute approximate surface area is 167 Å². The molecule has 0 spiro atoms. The Balaban J connectivity index is 1.68. The maximum Gasteiger partial charge on any atom is 0.243 e. The van der Waals surface area contributed by atoms with Crippen molar-refractivity contribution >= 4 is 37.5 Å². The second-order valence-electron chi connectivity index (χ2n) is 6.82. The van der Waals surface area contributed by atoms with Crippen molar-refractivity contribution in [2.45, 2.75) is 37.2 Å². The molecular weight excluding hydrogens is 396 g/mol. The molecule has 1 atom stereocenters. The fraction of sp³-hybridized carbons (Fsp3) is 0.316. The second-order valence-corrected chi connectivity index (χ2v) is 9.99. The van der Waals surface area contributed by atoms with Crippen molar-refractivity contribution in [2.75, 3.05) is 6.54 Å². The van der Waals surface area contributed by atoms with Gasteiger partial charge in [-0.05, 0) is 49.2 Å². The summed E-state index contributed by atoms with van der Waals surface area (Å²) in [4.78, 5) is 20.2. The smallest absolute Gasteiger partial charge is 0.243 e. The maximum atomic E-state index is 13.4. The zero-order chi connectivity index (χ0) is 19.7. The molecule has 0 radical (unpaired) electrons. The number of nitrogens with zero attached hydrogens (tertiary/aromatic N) is 3. The molecule has 7 nitrogen and oxygen atoms in total. The molecule has 3 aromatic rings. The number of thiazole rings is 1. The Morgan fingerprint density at radius 3 is 2.75 bits per heavy atom. The Morgan fingerprint density at radius 1 is 1.25 bits per heavy atom. The summed E-state index contributed by atoms with van der Waals surface area (Å²) in [6, 6.07) is 8.44. The number of rotatable bonds is 6. The molecule has 1 aliphatic heterocycles. The molecule has 1 N–H and O–H groups in total. The van der Waals surface area contributed by atoms with Crippen molar-refractivity contribution in [3.05, 3.63) is 53.3 Å². The number of fused-ring (bicyclic) bond motifs is 1. The zero-order valence-corrected chi connectivity index (χ0v) is 17.0. The highest BCUT2D eigenvalue weighted by atomic mass is 32.2. The van der Waals surface area contributed by atoms with Crippen molar-refractivity contribution in [2.24, 2.45) is 0 Å². The summed E-state index contributed by atoms with van der Waals surface area (Å²) in [5.74, 6) is -0.0344. The van der Waals surface area contributed by atoms with Crippen LogP contribution in [0.3, 0.4) is 0 Å². The minimum Gasteiger partial charge on any atom is -0.352 e. The van der Waals surface area contributed by atoms with E-state index in [1.165, 1.54) is 15.6 Å². The first-order valence-corrected chi connectivity index (χ1v) is 11.2. The average molecular weight is 417 g/mol. The number of carbonyl (C=O) groups is 1. The van der Waals surface area contributed by atoms with Crippen LogP contribution in [0.1, 0.15) is 23.4 Å². The van der Waals surface area contributed by atoms with Crippen LogP contribution in [0, 0.1) is 6.92 Å². The van der Waals surface area contributed by atoms with E-state index in [4.69, 9.17) is 0 Å². The molecule has 1 saturated heterocycles. The number of hydrogen-bond donors (Lipinski definition) is 1. The molecule has 0 unspecified atom stereocenters. The van der Waals surface area contributed by atoms with Gasteiger partial charge in [0.1, 0.15) is 0 Å². The molecule has 1 fully saturated rings. The van der Waals surface area contributed by atoms with Gasteiger partial charge in [-0.2, -0.15) is 4.31 Å². The maximum absolute atomic E-state index is 13.4. The van der Waals surface area contributed by atoms with Gasteiger partial charge < -0.3 is 5.32 Å². The normalized spacial score (nSPS) is 17.4. The van der Waals surface area contributed by atoms with Gasteiger partial charge in [-0.3, -0.25) is 9.78 Å². The Hall–Kier alpha value is -2.36. The van der Waals surface area contributed by atoms with Crippen LogP contribution < -0.4 is 5.32 Å². The molecule has 1 amide bonds. The van der Waals surface area contributed by atoms with E-state index in [9.17, 15) is 13.2 Å². The Morgan fingerprint density at radius 2 is 2.04 bits per heavy atom. The van der Waals surface area contributed by atoms with Crippen LogP contribution in [-0.4, -0.2) is 41.2 Å². The first-order chi connectivity index (χ1) is 13.4. The van der Waals surface area contributed by atoms with Crippen LogP contribution >= 0.6 is 11.3 Å². The van der Waals surface area contributed by atoms with Crippen molar-refractivity contribution in [1.29, 1.82) is 0 Å². The third-order valence-corrected chi connectivity index (χ3v) is 7.46. The highest BCUT2D eigenvalue weighted by Gasteiger charge is 2.30. The highest BCUT2D eigenvalue weighted by molar-refractivity contribution is 7.89. The fourth-order valence-electron chi connectivity index (χ4n) is 3.33. The number of aromatic nitrogens is 2. The summed E-state index contributed by atoms with van der Waals surface area (Å²) in [5.41, 5.74) is 1.64. The van der Waals surface area contributed by atoms with E-state index >= 15 is 0 Å². The third kappa shape index (κ3) is 3.91. The summed E-state index contributed by atoms with van der Waals surface area (Å²) in [6.45, 7) is 2.35. The van der Waals surface area contributed by atoms with E-state index < -0.39 is 10.0 Å². The molecule has 28 heavy (non-hydrogen) atoms. The topological polar surface area (TPSA) is 92.3 Å². The largest absolute Gasteiger partial charge is 0.352 e.